The van der Waals surface area contributed by atoms with E-state index in [0.717, 1.165) is 0 Å². The Morgan fingerprint density at radius 2 is 2.08 bits per heavy atom. The van der Waals surface area contributed by atoms with Gasteiger partial charge in [-0.3, -0.25) is 4.79 Å². The van der Waals surface area contributed by atoms with E-state index >= 15 is 0 Å². The molecular formula is C9H17NO2. The number of hydrogen-bond acceptors (Lipinski definition) is 3. The van der Waals surface area contributed by atoms with Crippen LogP contribution >= 0.6 is 0 Å². The number of carbonyl (C=O) groups excluding carboxylic acids is 1. The fourth-order valence-corrected chi connectivity index (χ4v) is 1.61. The normalized spacial score (nSPS) is 19.1. The molecule has 0 aromatic carbocycles. The molecule has 1 aliphatic rings. The Morgan fingerprint density at radius 3 is 2.67 bits per heavy atom. The van der Waals surface area contributed by atoms with E-state index in [9.17, 15) is 4.79 Å². The molecule has 70 valence electrons. The van der Waals surface area contributed by atoms with Crippen LogP contribution in [0.1, 0.15) is 32.1 Å². The van der Waals surface area contributed by atoms with Crippen LogP contribution < -0.4 is 5.32 Å². The van der Waals surface area contributed by atoms with Crippen molar-refractivity contribution < 1.29 is 9.53 Å². The molecule has 0 aliphatic heterocycles. The summed E-state index contributed by atoms with van der Waals surface area (Å²) in [5.74, 6) is -0.166. The molecule has 3 nitrogen and oxygen atoms in total. The second kappa shape index (κ2) is 5.14. The van der Waals surface area contributed by atoms with Crippen molar-refractivity contribution in [3.05, 3.63) is 0 Å². The van der Waals surface area contributed by atoms with E-state index in [0.29, 0.717) is 12.6 Å². The summed E-state index contributed by atoms with van der Waals surface area (Å²) in [6, 6.07) is 0.540. The van der Waals surface area contributed by atoms with Crippen LogP contribution in [-0.4, -0.2) is 25.7 Å². The highest BCUT2D eigenvalue weighted by atomic mass is 16.5. The van der Waals surface area contributed by atoms with Gasteiger partial charge in [-0.05, 0) is 12.8 Å². The van der Waals surface area contributed by atoms with Crippen LogP contribution in [0.15, 0.2) is 0 Å². The van der Waals surface area contributed by atoms with Crippen molar-refractivity contribution in [1.82, 2.24) is 5.32 Å². The highest BCUT2D eigenvalue weighted by Crippen LogP contribution is 2.16. The Hall–Kier alpha value is -0.570. The molecule has 1 rings (SSSR count). The fraction of sp³-hybridized carbons (Fsp3) is 0.889. The van der Waals surface area contributed by atoms with E-state index < -0.39 is 0 Å². The van der Waals surface area contributed by atoms with E-state index in [1.165, 1.54) is 39.2 Å². The van der Waals surface area contributed by atoms with Crippen molar-refractivity contribution >= 4 is 5.97 Å². The SMILES string of the molecule is COC(=O)CNC1CCCCC1. The molecular weight excluding hydrogens is 154 g/mol. The van der Waals surface area contributed by atoms with Crippen molar-refractivity contribution in [2.45, 2.75) is 38.1 Å². The largest absolute Gasteiger partial charge is 0.468 e. The van der Waals surface area contributed by atoms with Gasteiger partial charge in [-0.1, -0.05) is 19.3 Å². The molecule has 0 bridgehead atoms. The summed E-state index contributed by atoms with van der Waals surface area (Å²) < 4.78 is 4.54. The van der Waals surface area contributed by atoms with Crippen molar-refractivity contribution in [3.8, 4) is 0 Å². The highest BCUT2D eigenvalue weighted by molar-refractivity contribution is 5.71. The third-order valence-corrected chi connectivity index (χ3v) is 2.37. The van der Waals surface area contributed by atoms with Gasteiger partial charge in [0.15, 0.2) is 0 Å². The van der Waals surface area contributed by atoms with Gasteiger partial charge in [0.2, 0.25) is 0 Å². The number of carbonyl (C=O) groups is 1. The molecule has 0 radical (unpaired) electrons. The van der Waals surface area contributed by atoms with Gasteiger partial charge in [0, 0.05) is 6.04 Å². The first-order valence-electron chi connectivity index (χ1n) is 4.63. The van der Waals surface area contributed by atoms with Crippen LogP contribution in [0.3, 0.4) is 0 Å². The highest BCUT2D eigenvalue weighted by Gasteiger charge is 2.13. The average molecular weight is 171 g/mol. The standard InChI is InChI=1S/C9H17NO2/c1-12-9(11)7-10-8-5-3-2-4-6-8/h8,10H,2-7H2,1H3. The molecule has 3 heteroatoms. The lowest BCUT2D eigenvalue weighted by Gasteiger charge is -2.21. The molecule has 1 N–H and O–H groups in total. The van der Waals surface area contributed by atoms with Crippen molar-refractivity contribution in [3.63, 3.8) is 0 Å². The lowest BCUT2D eigenvalue weighted by atomic mass is 9.96. The van der Waals surface area contributed by atoms with Gasteiger partial charge in [-0.15, -0.1) is 0 Å². The lowest BCUT2D eigenvalue weighted by molar-refractivity contribution is -0.139. The maximum Gasteiger partial charge on any atom is 0.319 e. The van der Waals surface area contributed by atoms with Gasteiger partial charge >= 0.3 is 5.97 Å². The van der Waals surface area contributed by atoms with Crippen molar-refractivity contribution in [1.29, 1.82) is 0 Å². The fourth-order valence-electron chi connectivity index (χ4n) is 1.61. The Balaban J connectivity index is 2.09. The molecule has 0 aromatic rings. The van der Waals surface area contributed by atoms with Crippen LogP contribution in [0, 0.1) is 0 Å². The first-order valence-corrected chi connectivity index (χ1v) is 4.63. The number of methoxy groups -OCH3 is 1. The average Bonchev–Trinajstić information content (AvgIpc) is 2.16. The molecule has 0 aromatic heterocycles. The number of rotatable bonds is 3. The van der Waals surface area contributed by atoms with Crippen LogP contribution in [0.5, 0.6) is 0 Å². The van der Waals surface area contributed by atoms with Crippen LogP contribution in [0.4, 0.5) is 0 Å². The Kier molecular flexibility index (Phi) is 4.08. The number of hydrogen-bond donors (Lipinski definition) is 1. The lowest BCUT2D eigenvalue weighted by Crippen LogP contribution is -2.35. The number of nitrogens with one attached hydrogen (secondary N) is 1. The molecule has 0 amide bonds. The summed E-state index contributed by atoms with van der Waals surface area (Å²) in [6.07, 6.45) is 6.34. The van der Waals surface area contributed by atoms with Gasteiger partial charge in [0.1, 0.15) is 0 Å². The van der Waals surface area contributed by atoms with E-state index in [4.69, 9.17) is 0 Å². The second-order valence-electron chi connectivity index (χ2n) is 3.29. The summed E-state index contributed by atoms with van der Waals surface area (Å²) in [4.78, 5) is 10.8. The summed E-state index contributed by atoms with van der Waals surface area (Å²) >= 11 is 0. The number of ether oxygens (including phenoxy) is 1. The third kappa shape index (κ3) is 3.22. The summed E-state index contributed by atoms with van der Waals surface area (Å²) in [5.41, 5.74) is 0. The molecule has 0 spiro atoms. The Bertz CT molecular complexity index is 141. The van der Waals surface area contributed by atoms with Gasteiger partial charge in [-0.25, -0.2) is 0 Å². The van der Waals surface area contributed by atoms with Crippen molar-refractivity contribution in [2.75, 3.05) is 13.7 Å². The van der Waals surface area contributed by atoms with Crippen LogP contribution in [0.25, 0.3) is 0 Å². The molecule has 1 aliphatic carbocycles. The molecule has 0 unspecified atom stereocenters. The maximum atomic E-state index is 10.8. The monoisotopic (exact) mass is 171 g/mol. The van der Waals surface area contributed by atoms with Gasteiger partial charge in [-0.2, -0.15) is 0 Å². The minimum absolute atomic E-state index is 0.166. The molecule has 0 saturated heterocycles. The Morgan fingerprint density at radius 1 is 1.42 bits per heavy atom. The third-order valence-electron chi connectivity index (χ3n) is 2.37. The van der Waals surface area contributed by atoms with Gasteiger partial charge in [0.25, 0.3) is 0 Å². The first kappa shape index (κ1) is 9.52. The second-order valence-corrected chi connectivity index (χ2v) is 3.29. The predicted octanol–water partition coefficient (Wildman–Crippen LogP) is 1.08. The molecule has 12 heavy (non-hydrogen) atoms. The minimum atomic E-state index is -0.166. The minimum Gasteiger partial charge on any atom is -0.468 e. The maximum absolute atomic E-state index is 10.8. The topological polar surface area (TPSA) is 38.3 Å². The van der Waals surface area contributed by atoms with E-state index in [-0.39, 0.29) is 5.97 Å². The summed E-state index contributed by atoms with van der Waals surface area (Å²) in [6.45, 7) is 0.362. The molecule has 0 atom stereocenters. The zero-order valence-corrected chi connectivity index (χ0v) is 7.64. The van der Waals surface area contributed by atoms with Gasteiger partial charge < -0.3 is 10.1 Å². The van der Waals surface area contributed by atoms with Crippen LogP contribution in [0.2, 0.25) is 0 Å². The van der Waals surface area contributed by atoms with E-state index in [1.807, 2.05) is 0 Å². The zero-order chi connectivity index (χ0) is 8.81. The zero-order valence-electron chi connectivity index (χ0n) is 7.64. The molecule has 0 heterocycles. The number of esters is 1. The quantitative estimate of drug-likeness (QED) is 0.646. The van der Waals surface area contributed by atoms with Crippen LogP contribution in [-0.2, 0) is 9.53 Å². The van der Waals surface area contributed by atoms with E-state index in [2.05, 4.69) is 10.1 Å². The summed E-state index contributed by atoms with van der Waals surface area (Å²) in [5, 5.41) is 3.20. The Labute approximate surface area is 73.5 Å². The first-order chi connectivity index (χ1) is 5.83. The van der Waals surface area contributed by atoms with Gasteiger partial charge in [0.05, 0.1) is 13.7 Å². The van der Waals surface area contributed by atoms with E-state index in [1.54, 1.807) is 0 Å². The smallest absolute Gasteiger partial charge is 0.319 e. The summed E-state index contributed by atoms with van der Waals surface area (Å²) in [7, 11) is 1.42. The van der Waals surface area contributed by atoms with Crippen molar-refractivity contribution in [2.24, 2.45) is 0 Å². The molecule has 1 saturated carbocycles. The molecule has 1 fully saturated rings. The predicted molar refractivity (Wildman–Crippen MR) is 46.9 cm³/mol.